The zero-order valence-electron chi connectivity index (χ0n) is 15.7. The molecule has 26 heavy (non-hydrogen) atoms. The number of rotatable bonds is 5. The second-order valence-corrected chi connectivity index (χ2v) is 6.63. The molecule has 2 aromatic heterocycles. The lowest BCUT2D eigenvalue weighted by Crippen LogP contribution is -2.49. The average molecular weight is 359 g/mol. The van der Waals surface area contributed by atoms with Crippen LogP contribution in [0.4, 0.5) is 5.95 Å². The van der Waals surface area contributed by atoms with E-state index in [0.29, 0.717) is 50.4 Å². The van der Waals surface area contributed by atoms with Gasteiger partial charge >= 0.3 is 0 Å². The van der Waals surface area contributed by atoms with Crippen molar-refractivity contribution in [1.29, 1.82) is 0 Å². The van der Waals surface area contributed by atoms with Gasteiger partial charge in [0, 0.05) is 44.0 Å². The van der Waals surface area contributed by atoms with Gasteiger partial charge < -0.3 is 19.1 Å². The van der Waals surface area contributed by atoms with E-state index in [1.165, 1.54) is 0 Å². The van der Waals surface area contributed by atoms with Crippen LogP contribution in [0.5, 0.6) is 5.88 Å². The highest BCUT2D eigenvalue weighted by molar-refractivity contribution is 5.91. The fraction of sp³-hybridized carbons (Fsp3) is 0.556. The number of ether oxygens (including phenoxy) is 1. The monoisotopic (exact) mass is 359 g/mol. The van der Waals surface area contributed by atoms with Gasteiger partial charge in [-0.2, -0.15) is 4.98 Å². The topological polar surface area (TPSA) is 84.6 Å². The summed E-state index contributed by atoms with van der Waals surface area (Å²) in [6.45, 7) is 10.9. The van der Waals surface area contributed by atoms with E-state index in [0.717, 1.165) is 11.4 Å². The molecule has 0 aliphatic carbocycles. The molecule has 8 nitrogen and oxygen atoms in total. The number of hydrogen-bond donors (Lipinski definition) is 0. The second-order valence-electron chi connectivity index (χ2n) is 6.63. The van der Waals surface area contributed by atoms with Gasteiger partial charge in [-0.15, -0.1) is 0 Å². The van der Waals surface area contributed by atoms with Gasteiger partial charge in [0.2, 0.25) is 17.6 Å². The Morgan fingerprint density at radius 1 is 1.23 bits per heavy atom. The van der Waals surface area contributed by atoms with Crippen molar-refractivity contribution in [2.45, 2.75) is 33.6 Å². The average Bonchev–Trinajstić information content (AvgIpc) is 3.11. The van der Waals surface area contributed by atoms with Crippen molar-refractivity contribution in [2.75, 3.05) is 37.7 Å². The molecule has 140 valence electrons. The molecule has 0 N–H and O–H groups in total. The fourth-order valence-electron chi connectivity index (χ4n) is 2.81. The molecule has 1 amide bonds. The molecule has 0 aromatic carbocycles. The van der Waals surface area contributed by atoms with Gasteiger partial charge in [-0.25, -0.2) is 4.98 Å². The molecule has 0 spiro atoms. The van der Waals surface area contributed by atoms with E-state index in [9.17, 15) is 4.79 Å². The third-order valence-electron chi connectivity index (χ3n) is 4.29. The Morgan fingerprint density at radius 2 is 1.96 bits per heavy atom. The zero-order chi connectivity index (χ0) is 18.7. The Labute approximate surface area is 153 Å². The number of hydrogen-bond acceptors (Lipinski definition) is 7. The van der Waals surface area contributed by atoms with Crippen LogP contribution in [0.1, 0.15) is 48.6 Å². The number of aromatic nitrogens is 3. The number of aryl methyl sites for hydroxylation is 1. The Hall–Kier alpha value is -2.64. The van der Waals surface area contributed by atoms with E-state index in [-0.39, 0.29) is 11.8 Å². The van der Waals surface area contributed by atoms with E-state index in [1.807, 2.05) is 33.8 Å². The van der Waals surface area contributed by atoms with Crippen LogP contribution in [-0.2, 0) is 0 Å². The van der Waals surface area contributed by atoms with Gasteiger partial charge in [0.1, 0.15) is 0 Å². The Morgan fingerprint density at radius 3 is 2.58 bits per heavy atom. The number of carbonyl (C=O) groups excluding carboxylic acids is 1. The number of amides is 1. The summed E-state index contributed by atoms with van der Waals surface area (Å²) in [5.74, 6) is 1.63. The smallest absolute Gasteiger partial charge is 0.292 e. The highest BCUT2D eigenvalue weighted by Crippen LogP contribution is 2.19. The van der Waals surface area contributed by atoms with Crippen LogP contribution in [0, 0.1) is 6.92 Å². The molecule has 1 saturated heterocycles. The summed E-state index contributed by atoms with van der Waals surface area (Å²) >= 11 is 0. The lowest BCUT2D eigenvalue weighted by Gasteiger charge is -2.34. The maximum atomic E-state index is 12.6. The highest BCUT2D eigenvalue weighted by atomic mass is 16.5. The van der Waals surface area contributed by atoms with Gasteiger partial charge in [-0.1, -0.05) is 19.0 Å². The van der Waals surface area contributed by atoms with E-state index < -0.39 is 0 Å². The summed E-state index contributed by atoms with van der Waals surface area (Å²) in [6, 6.07) is 3.56. The minimum Gasteiger partial charge on any atom is -0.478 e. The first-order valence-electron chi connectivity index (χ1n) is 8.97. The van der Waals surface area contributed by atoms with E-state index >= 15 is 0 Å². The predicted octanol–water partition coefficient (Wildman–Crippen LogP) is 2.26. The van der Waals surface area contributed by atoms with E-state index in [1.54, 1.807) is 11.0 Å². The molecular weight excluding hydrogens is 334 g/mol. The molecule has 3 heterocycles. The lowest BCUT2D eigenvalue weighted by molar-refractivity contribution is 0.0704. The molecule has 1 fully saturated rings. The molecule has 0 bridgehead atoms. The summed E-state index contributed by atoms with van der Waals surface area (Å²) in [6.07, 6.45) is 0. The summed E-state index contributed by atoms with van der Waals surface area (Å²) in [5, 5.41) is 3.96. The van der Waals surface area contributed by atoms with Crippen molar-refractivity contribution in [3.05, 3.63) is 29.3 Å². The van der Waals surface area contributed by atoms with Crippen molar-refractivity contribution in [2.24, 2.45) is 0 Å². The van der Waals surface area contributed by atoms with Gasteiger partial charge in [0.05, 0.1) is 12.3 Å². The highest BCUT2D eigenvalue weighted by Gasteiger charge is 2.26. The van der Waals surface area contributed by atoms with Crippen molar-refractivity contribution in [1.82, 2.24) is 20.0 Å². The standard InChI is InChI=1S/C18H25N5O3/c1-5-25-16-10-13(4)19-18(20-16)23-8-6-22(7-9-23)17(24)15-11-14(12(2)3)21-26-15/h10-12H,5-9H2,1-4H3. The van der Waals surface area contributed by atoms with Gasteiger partial charge in [0.25, 0.3) is 5.91 Å². The lowest BCUT2D eigenvalue weighted by atomic mass is 10.1. The normalized spacial score (nSPS) is 14.8. The third kappa shape index (κ3) is 3.95. The molecule has 3 rings (SSSR count). The van der Waals surface area contributed by atoms with Gasteiger partial charge in [0.15, 0.2) is 0 Å². The fourth-order valence-corrected chi connectivity index (χ4v) is 2.81. The van der Waals surface area contributed by atoms with Gasteiger partial charge in [-0.05, 0) is 19.8 Å². The molecule has 0 unspecified atom stereocenters. The van der Waals surface area contributed by atoms with Crippen LogP contribution in [0.3, 0.4) is 0 Å². The molecule has 1 aliphatic rings. The first-order chi connectivity index (χ1) is 12.5. The second kappa shape index (κ2) is 7.72. The summed E-state index contributed by atoms with van der Waals surface area (Å²) in [7, 11) is 0. The maximum Gasteiger partial charge on any atom is 0.292 e. The molecule has 0 saturated carbocycles. The molecule has 0 radical (unpaired) electrons. The Kier molecular flexibility index (Phi) is 5.39. The minimum atomic E-state index is -0.121. The van der Waals surface area contributed by atoms with Crippen LogP contribution in [-0.4, -0.2) is 58.7 Å². The first-order valence-corrected chi connectivity index (χ1v) is 8.97. The molecular formula is C18H25N5O3. The number of piperazine rings is 1. The largest absolute Gasteiger partial charge is 0.478 e. The third-order valence-corrected chi connectivity index (χ3v) is 4.29. The van der Waals surface area contributed by atoms with Crippen LogP contribution >= 0.6 is 0 Å². The number of nitrogens with zero attached hydrogens (tertiary/aromatic N) is 5. The van der Waals surface area contributed by atoms with E-state index in [4.69, 9.17) is 9.26 Å². The van der Waals surface area contributed by atoms with Crippen molar-refractivity contribution in [3.63, 3.8) is 0 Å². The summed E-state index contributed by atoms with van der Waals surface area (Å²) in [4.78, 5) is 25.4. The quantitative estimate of drug-likeness (QED) is 0.809. The van der Waals surface area contributed by atoms with Crippen LogP contribution in [0.15, 0.2) is 16.7 Å². The zero-order valence-corrected chi connectivity index (χ0v) is 15.7. The maximum absolute atomic E-state index is 12.6. The van der Waals surface area contributed by atoms with Crippen LogP contribution < -0.4 is 9.64 Å². The summed E-state index contributed by atoms with van der Waals surface area (Å²) < 4.78 is 10.7. The number of anilines is 1. The minimum absolute atomic E-state index is 0.121. The van der Waals surface area contributed by atoms with Crippen LogP contribution in [0.2, 0.25) is 0 Å². The summed E-state index contributed by atoms with van der Waals surface area (Å²) in [5.41, 5.74) is 1.66. The SMILES string of the molecule is CCOc1cc(C)nc(N2CCN(C(=O)c3cc(C(C)C)no3)CC2)n1. The van der Waals surface area contributed by atoms with Gasteiger partial charge in [-0.3, -0.25) is 4.79 Å². The van der Waals surface area contributed by atoms with Crippen molar-refractivity contribution < 1.29 is 14.1 Å². The van der Waals surface area contributed by atoms with Crippen LogP contribution in [0.25, 0.3) is 0 Å². The van der Waals surface area contributed by atoms with Crippen molar-refractivity contribution in [3.8, 4) is 5.88 Å². The molecule has 8 heteroatoms. The Balaban J connectivity index is 1.64. The first kappa shape index (κ1) is 18.2. The Bertz CT molecular complexity index is 766. The molecule has 1 aliphatic heterocycles. The number of carbonyl (C=O) groups is 1. The van der Waals surface area contributed by atoms with Crippen molar-refractivity contribution >= 4 is 11.9 Å². The van der Waals surface area contributed by atoms with E-state index in [2.05, 4.69) is 20.0 Å². The molecule has 0 atom stereocenters. The molecule has 2 aromatic rings. The predicted molar refractivity (Wildman–Crippen MR) is 96.6 cm³/mol.